The van der Waals surface area contributed by atoms with Crippen LogP contribution in [0.1, 0.15) is 39.7 Å². The predicted octanol–water partition coefficient (Wildman–Crippen LogP) is 2.58. The number of carbonyl (C=O) groups excluding carboxylic acids is 1. The fourth-order valence-corrected chi connectivity index (χ4v) is 1.85. The molecule has 1 unspecified atom stereocenters. The van der Waals surface area contributed by atoms with Gasteiger partial charge in [-0.25, -0.2) is 0 Å². The van der Waals surface area contributed by atoms with Crippen LogP contribution in [-0.2, 0) is 15.0 Å². The van der Waals surface area contributed by atoms with Crippen LogP contribution in [0.25, 0.3) is 0 Å². The highest BCUT2D eigenvalue weighted by Gasteiger charge is 2.37. The molecule has 2 N–H and O–H groups in total. The van der Waals surface area contributed by atoms with Crippen LogP contribution < -0.4 is 5.32 Å². The van der Waals surface area contributed by atoms with Gasteiger partial charge in [0.05, 0.1) is 5.41 Å². The van der Waals surface area contributed by atoms with Crippen LogP contribution in [0.2, 0.25) is 0 Å². The molecule has 0 saturated carbocycles. The van der Waals surface area contributed by atoms with E-state index in [0.717, 1.165) is 0 Å². The highest BCUT2D eigenvalue weighted by molar-refractivity contribution is 5.89. The zero-order chi connectivity index (χ0) is 15.4. The average Bonchev–Trinajstić information content (AvgIpc) is 2.36. The second-order valence-corrected chi connectivity index (χ2v) is 6.52. The Kier molecular flexibility index (Phi) is 4.93. The van der Waals surface area contributed by atoms with Crippen molar-refractivity contribution in [2.75, 3.05) is 6.54 Å². The van der Waals surface area contributed by atoms with Gasteiger partial charge in [-0.05, 0) is 17.9 Å². The van der Waals surface area contributed by atoms with Gasteiger partial charge in [0.2, 0.25) is 5.91 Å². The van der Waals surface area contributed by atoms with Gasteiger partial charge in [-0.15, -0.1) is 0 Å². The first-order valence-corrected chi connectivity index (χ1v) is 6.71. The molecule has 0 aromatic heterocycles. The van der Waals surface area contributed by atoms with E-state index in [2.05, 4.69) is 5.32 Å². The first-order chi connectivity index (χ1) is 9.15. The Morgan fingerprint density at radius 2 is 1.65 bits per heavy atom. The molecule has 1 aromatic carbocycles. The third kappa shape index (κ3) is 4.37. The van der Waals surface area contributed by atoms with Crippen molar-refractivity contribution < 1.29 is 14.7 Å². The van der Waals surface area contributed by atoms with Gasteiger partial charge in [-0.1, -0.05) is 51.1 Å². The standard InChI is InChI=1S/C16H23NO3/c1-15(2,3)11-17-13(18)10-16(4,14(19)20)12-8-6-5-7-9-12/h5-9H,10-11H2,1-4H3,(H,17,18)(H,19,20). The molecule has 0 aliphatic rings. The molecule has 4 heteroatoms. The SMILES string of the molecule is CC(C)(C)CNC(=O)CC(C)(C(=O)O)c1ccccc1. The summed E-state index contributed by atoms with van der Waals surface area (Å²) in [6.45, 7) is 8.15. The number of aliphatic carboxylic acids is 1. The van der Waals surface area contributed by atoms with Gasteiger partial charge in [0.15, 0.2) is 0 Å². The summed E-state index contributed by atoms with van der Waals surface area (Å²) in [7, 11) is 0. The highest BCUT2D eigenvalue weighted by atomic mass is 16.4. The van der Waals surface area contributed by atoms with Gasteiger partial charge in [0.1, 0.15) is 0 Å². The molecule has 0 saturated heterocycles. The minimum atomic E-state index is -1.21. The Hall–Kier alpha value is -1.84. The third-order valence-corrected chi connectivity index (χ3v) is 3.21. The lowest BCUT2D eigenvalue weighted by atomic mass is 9.79. The maximum Gasteiger partial charge on any atom is 0.314 e. The molecule has 0 aliphatic carbocycles. The summed E-state index contributed by atoms with van der Waals surface area (Å²) in [5, 5.41) is 12.3. The minimum Gasteiger partial charge on any atom is -0.481 e. The highest BCUT2D eigenvalue weighted by Crippen LogP contribution is 2.28. The van der Waals surface area contributed by atoms with Gasteiger partial charge in [-0.2, -0.15) is 0 Å². The largest absolute Gasteiger partial charge is 0.481 e. The zero-order valence-electron chi connectivity index (χ0n) is 12.6. The molecule has 20 heavy (non-hydrogen) atoms. The number of amides is 1. The fraction of sp³-hybridized carbons (Fsp3) is 0.500. The van der Waals surface area contributed by atoms with Crippen molar-refractivity contribution >= 4 is 11.9 Å². The number of carboxylic acid groups (broad SMARTS) is 1. The Morgan fingerprint density at radius 3 is 2.10 bits per heavy atom. The van der Waals surface area contributed by atoms with Gasteiger partial charge in [-0.3, -0.25) is 9.59 Å². The van der Waals surface area contributed by atoms with E-state index in [9.17, 15) is 14.7 Å². The van der Waals surface area contributed by atoms with Crippen molar-refractivity contribution in [3.8, 4) is 0 Å². The molecule has 1 aromatic rings. The lowest BCUT2D eigenvalue weighted by Crippen LogP contribution is -2.40. The maximum absolute atomic E-state index is 12.0. The van der Waals surface area contributed by atoms with Crippen LogP contribution in [0.4, 0.5) is 0 Å². The van der Waals surface area contributed by atoms with E-state index in [1.165, 1.54) is 0 Å². The number of benzene rings is 1. The number of hydrogen-bond acceptors (Lipinski definition) is 2. The number of rotatable bonds is 5. The second kappa shape index (κ2) is 6.07. The third-order valence-electron chi connectivity index (χ3n) is 3.21. The summed E-state index contributed by atoms with van der Waals surface area (Å²) in [6.07, 6.45) is -0.0670. The Bertz CT molecular complexity index is 476. The average molecular weight is 277 g/mol. The molecule has 0 fully saturated rings. The Balaban J connectivity index is 2.83. The van der Waals surface area contributed by atoms with Crippen molar-refractivity contribution in [3.05, 3.63) is 35.9 Å². The number of nitrogens with one attached hydrogen (secondary N) is 1. The van der Waals surface area contributed by atoms with Crippen molar-refractivity contribution in [1.29, 1.82) is 0 Å². The monoisotopic (exact) mass is 277 g/mol. The summed E-state index contributed by atoms with van der Waals surface area (Å²) < 4.78 is 0. The molecule has 1 amide bonds. The molecular formula is C16H23NO3. The molecule has 110 valence electrons. The topological polar surface area (TPSA) is 66.4 Å². The maximum atomic E-state index is 12.0. The molecule has 0 heterocycles. The van der Waals surface area contributed by atoms with E-state index in [-0.39, 0.29) is 17.7 Å². The van der Waals surface area contributed by atoms with Crippen LogP contribution in [0.3, 0.4) is 0 Å². The molecule has 0 radical (unpaired) electrons. The van der Waals surface area contributed by atoms with Crippen molar-refractivity contribution in [2.24, 2.45) is 5.41 Å². The molecule has 0 spiro atoms. The van der Waals surface area contributed by atoms with E-state index < -0.39 is 11.4 Å². The van der Waals surface area contributed by atoms with Crippen molar-refractivity contribution in [3.63, 3.8) is 0 Å². The van der Waals surface area contributed by atoms with Crippen LogP contribution in [0, 0.1) is 5.41 Å². The Labute approximate surface area is 120 Å². The minimum absolute atomic E-state index is 0.0258. The van der Waals surface area contributed by atoms with Crippen LogP contribution >= 0.6 is 0 Å². The summed E-state index contributed by atoms with van der Waals surface area (Å²) in [5.74, 6) is -1.23. The number of carbonyl (C=O) groups is 2. The van der Waals surface area contributed by atoms with E-state index in [4.69, 9.17) is 0 Å². The van der Waals surface area contributed by atoms with Gasteiger partial charge in [0.25, 0.3) is 0 Å². The fourth-order valence-electron chi connectivity index (χ4n) is 1.85. The van der Waals surface area contributed by atoms with Crippen LogP contribution in [-0.4, -0.2) is 23.5 Å². The molecule has 4 nitrogen and oxygen atoms in total. The van der Waals surface area contributed by atoms with Gasteiger partial charge >= 0.3 is 5.97 Å². The molecular weight excluding hydrogens is 254 g/mol. The zero-order valence-corrected chi connectivity index (χ0v) is 12.6. The summed E-state index contributed by atoms with van der Waals surface area (Å²) in [4.78, 5) is 23.6. The van der Waals surface area contributed by atoms with Crippen molar-refractivity contribution in [2.45, 2.75) is 39.5 Å². The molecule has 0 aliphatic heterocycles. The van der Waals surface area contributed by atoms with E-state index in [0.29, 0.717) is 12.1 Å². The van der Waals surface area contributed by atoms with Crippen molar-refractivity contribution in [1.82, 2.24) is 5.32 Å². The van der Waals surface area contributed by atoms with Crippen LogP contribution in [0.15, 0.2) is 30.3 Å². The molecule has 0 bridgehead atoms. The van der Waals surface area contributed by atoms with E-state index >= 15 is 0 Å². The Morgan fingerprint density at radius 1 is 1.10 bits per heavy atom. The number of carboxylic acids is 1. The lowest BCUT2D eigenvalue weighted by molar-refractivity contribution is -0.145. The van der Waals surface area contributed by atoms with Gasteiger partial charge in [0, 0.05) is 13.0 Å². The summed E-state index contributed by atoms with van der Waals surface area (Å²) in [6, 6.07) is 8.87. The lowest BCUT2D eigenvalue weighted by Gasteiger charge is -2.26. The normalized spacial score (nSPS) is 14.4. The van der Waals surface area contributed by atoms with E-state index in [1.54, 1.807) is 31.2 Å². The quantitative estimate of drug-likeness (QED) is 0.869. The second-order valence-electron chi connectivity index (χ2n) is 6.52. The molecule has 1 rings (SSSR count). The summed E-state index contributed by atoms with van der Waals surface area (Å²) in [5.41, 5.74) is -0.593. The molecule has 1 atom stereocenters. The summed E-state index contributed by atoms with van der Waals surface area (Å²) >= 11 is 0. The van der Waals surface area contributed by atoms with Gasteiger partial charge < -0.3 is 10.4 Å². The van der Waals surface area contributed by atoms with Crippen LogP contribution in [0.5, 0.6) is 0 Å². The van der Waals surface area contributed by atoms with E-state index in [1.807, 2.05) is 26.8 Å². The number of hydrogen-bond donors (Lipinski definition) is 2. The smallest absolute Gasteiger partial charge is 0.314 e. The first kappa shape index (κ1) is 16.2. The predicted molar refractivity (Wildman–Crippen MR) is 78.5 cm³/mol. The first-order valence-electron chi connectivity index (χ1n) is 6.71.